The molecule has 9 nitrogen and oxygen atoms in total. The Hall–Kier alpha value is -3.53. The molecule has 0 aliphatic carbocycles. The van der Waals surface area contributed by atoms with Crippen molar-refractivity contribution >= 4 is 35.0 Å². The Kier molecular flexibility index (Phi) is 8.25. The highest BCUT2D eigenvalue weighted by Crippen LogP contribution is 2.25. The van der Waals surface area contributed by atoms with Gasteiger partial charge in [0, 0.05) is 49.5 Å². The van der Waals surface area contributed by atoms with Gasteiger partial charge >= 0.3 is 0 Å². The molecule has 3 aromatic rings. The van der Waals surface area contributed by atoms with Gasteiger partial charge in [0.2, 0.25) is 17.7 Å². The van der Waals surface area contributed by atoms with E-state index in [0.29, 0.717) is 24.1 Å². The van der Waals surface area contributed by atoms with Gasteiger partial charge in [0.15, 0.2) is 0 Å². The first-order valence-corrected chi connectivity index (χ1v) is 12.7. The first kappa shape index (κ1) is 24.6. The van der Waals surface area contributed by atoms with Gasteiger partial charge in [-0.2, -0.15) is 0 Å². The summed E-state index contributed by atoms with van der Waals surface area (Å²) in [6.45, 7) is 7.50. The third kappa shape index (κ3) is 6.54. The molecule has 0 bridgehead atoms. The number of piperazine rings is 1. The second kappa shape index (κ2) is 11.7. The Balaban J connectivity index is 1.24. The Bertz CT molecular complexity index is 1130. The van der Waals surface area contributed by atoms with Crippen LogP contribution in [0.1, 0.15) is 20.3 Å². The first-order valence-electron chi connectivity index (χ1n) is 11.7. The van der Waals surface area contributed by atoms with E-state index in [0.717, 1.165) is 48.9 Å². The van der Waals surface area contributed by atoms with Crippen molar-refractivity contribution in [3.05, 3.63) is 48.5 Å². The minimum Gasteiger partial charge on any atom is -0.494 e. The van der Waals surface area contributed by atoms with Gasteiger partial charge in [-0.15, -0.1) is 10.2 Å². The third-order valence-electron chi connectivity index (χ3n) is 5.60. The van der Waals surface area contributed by atoms with Gasteiger partial charge in [-0.05, 0) is 55.5 Å². The fraction of sp³-hybridized carbons (Fsp3) is 0.360. The molecule has 0 spiro atoms. The maximum Gasteiger partial charge on any atom is 0.277 e. The number of rotatable bonds is 9. The molecule has 2 aromatic carbocycles. The summed E-state index contributed by atoms with van der Waals surface area (Å²) in [6.07, 6.45) is 0.545. The normalized spacial score (nSPS) is 13.5. The van der Waals surface area contributed by atoms with E-state index < -0.39 is 0 Å². The summed E-state index contributed by atoms with van der Waals surface area (Å²) < 4.78 is 11.1. The fourth-order valence-electron chi connectivity index (χ4n) is 3.76. The van der Waals surface area contributed by atoms with Crippen molar-refractivity contribution < 1.29 is 18.7 Å². The number of hydrogen-bond donors (Lipinski definition) is 1. The van der Waals surface area contributed by atoms with Crippen molar-refractivity contribution in [1.29, 1.82) is 0 Å². The van der Waals surface area contributed by atoms with Crippen LogP contribution in [0, 0.1) is 0 Å². The van der Waals surface area contributed by atoms with E-state index in [1.54, 1.807) is 0 Å². The van der Waals surface area contributed by atoms with Crippen molar-refractivity contribution in [2.45, 2.75) is 25.5 Å². The van der Waals surface area contributed by atoms with E-state index in [1.165, 1.54) is 11.8 Å². The standard InChI is InChI=1S/C25H29N5O4S/c1-3-23(32)30-15-13-29(14-16-30)20-9-7-19(8-10-20)26-22(31)17-35-25-28-27-24(34-25)18-5-11-21(12-6-18)33-4-2/h5-12H,3-4,13-17H2,1-2H3,(H,26,31). The number of benzene rings is 2. The minimum absolute atomic E-state index is 0.153. The van der Waals surface area contributed by atoms with E-state index in [9.17, 15) is 9.59 Å². The molecule has 2 heterocycles. The van der Waals surface area contributed by atoms with E-state index in [1.807, 2.05) is 67.3 Å². The molecular weight excluding hydrogens is 466 g/mol. The smallest absolute Gasteiger partial charge is 0.277 e. The predicted molar refractivity (Wildman–Crippen MR) is 136 cm³/mol. The number of nitrogens with zero attached hydrogens (tertiary/aromatic N) is 4. The van der Waals surface area contributed by atoms with Crippen LogP contribution in [0.3, 0.4) is 0 Å². The number of nitrogens with one attached hydrogen (secondary N) is 1. The molecule has 1 fully saturated rings. The lowest BCUT2D eigenvalue weighted by Crippen LogP contribution is -2.48. The zero-order chi connectivity index (χ0) is 24.6. The van der Waals surface area contributed by atoms with E-state index in [4.69, 9.17) is 9.15 Å². The number of thioether (sulfide) groups is 1. The molecule has 0 radical (unpaired) electrons. The van der Waals surface area contributed by atoms with Gasteiger partial charge in [0.1, 0.15) is 5.75 Å². The topological polar surface area (TPSA) is 101 Å². The van der Waals surface area contributed by atoms with Crippen LogP contribution in [0.2, 0.25) is 0 Å². The third-order valence-corrected chi connectivity index (χ3v) is 6.41. The zero-order valence-electron chi connectivity index (χ0n) is 19.9. The highest BCUT2D eigenvalue weighted by Gasteiger charge is 2.20. The summed E-state index contributed by atoms with van der Waals surface area (Å²) in [5.74, 6) is 1.37. The first-order chi connectivity index (χ1) is 17.1. The molecule has 10 heteroatoms. The number of carbonyl (C=O) groups excluding carboxylic acids is 2. The maximum absolute atomic E-state index is 12.4. The highest BCUT2D eigenvalue weighted by atomic mass is 32.2. The lowest BCUT2D eigenvalue weighted by molar-refractivity contribution is -0.131. The molecule has 1 N–H and O–H groups in total. The second-order valence-corrected chi connectivity index (χ2v) is 8.86. The van der Waals surface area contributed by atoms with Crippen LogP contribution in [0.4, 0.5) is 11.4 Å². The van der Waals surface area contributed by atoms with Crippen molar-refractivity contribution in [2.24, 2.45) is 0 Å². The molecule has 35 heavy (non-hydrogen) atoms. The summed E-state index contributed by atoms with van der Waals surface area (Å²) in [5.41, 5.74) is 2.59. The summed E-state index contributed by atoms with van der Waals surface area (Å²) in [5, 5.41) is 11.3. The largest absolute Gasteiger partial charge is 0.494 e. The molecule has 0 unspecified atom stereocenters. The number of ether oxygens (including phenoxy) is 1. The Morgan fingerprint density at radius 1 is 1.00 bits per heavy atom. The van der Waals surface area contributed by atoms with Crippen LogP contribution in [-0.4, -0.2) is 65.5 Å². The van der Waals surface area contributed by atoms with Crippen molar-refractivity contribution in [2.75, 3.05) is 48.8 Å². The number of amides is 2. The van der Waals surface area contributed by atoms with Crippen molar-refractivity contribution in [1.82, 2.24) is 15.1 Å². The van der Waals surface area contributed by atoms with Crippen LogP contribution in [-0.2, 0) is 9.59 Å². The summed E-state index contributed by atoms with van der Waals surface area (Å²) in [7, 11) is 0. The summed E-state index contributed by atoms with van der Waals surface area (Å²) >= 11 is 1.19. The molecule has 1 aromatic heterocycles. The fourth-order valence-corrected chi connectivity index (χ4v) is 4.33. The van der Waals surface area contributed by atoms with Crippen LogP contribution in [0.5, 0.6) is 5.75 Å². The molecule has 1 aliphatic rings. The van der Waals surface area contributed by atoms with Gasteiger partial charge in [0.05, 0.1) is 12.4 Å². The lowest BCUT2D eigenvalue weighted by atomic mass is 10.2. The van der Waals surface area contributed by atoms with Gasteiger partial charge < -0.3 is 24.3 Å². The Morgan fingerprint density at radius 2 is 1.71 bits per heavy atom. The average molecular weight is 496 g/mol. The molecule has 184 valence electrons. The lowest BCUT2D eigenvalue weighted by Gasteiger charge is -2.36. The monoisotopic (exact) mass is 495 g/mol. The number of hydrogen-bond acceptors (Lipinski definition) is 8. The average Bonchev–Trinajstić information content (AvgIpc) is 3.37. The Morgan fingerprint density at radius 3 is 2.37 bits per heavy atom. The molecule has 0 atom stereocenters. The number of aromatic nitrogens is 2. The number of carbonyl (C=O) groups is 2. The van der Waals surface area contributed by atoms with E-state index >= 15 is 0 Å². The van der Waals surface area contributed by atoms with Crippen LogP contribution in [0.15, 0.2) is 58.2 Å². The molecule has 0 saturated carbocycles. The summed E-state index contributed by atoms with van der Waals surface area (Å²) in [4.78, 5) is 28.4. The predicted octanol–water partition coefficient (Wildman–Crippen LogP) is 3.92. The molecule has 2 amide bonds. The minimum atomic E-state index is -0.157. The SMILES string of the molecule is CCOc1ccc(-c2nnc(SCC(=O)Nc3ccc(N4CCN(C(=O)CC)CC4)cc3)o2)cc1. The van der Waals surface area contributed by atoms with Gasteiger partial charge in [-0.1, -0.05) is 18.7 Å². The van der Waals surface area contributed by atoms with Crippen molar-refractivity contribution in [3.63, 3.8) is 0 Å². The van der Waals surface area contributed by atoms with E-state index in [-0.39, 0.29) is 17.6 Å². The zero-order valence-corrected chi connectivity index (χ0v) is 20.7. The van der Waals surface area contributed by atoms with Gasteiger partial charge in [0.25, 0.3) is 5.22 Å². The molecule has 1 aliphatic heterocycles. The Labute approximate surface area is 208 Å². The summed E-state index contributed by atoms with van der Waals surface area (Å²) in [6, 6.07) is 15.2. The molecule has 4 rings (SSSR count). The molecular formula is C25H29N5O4S. The second-order valence-electron chi connectivity index (χ2n) is 7.94. The maximum atomic E-state index is 12.4. The van der Waals surface area contributed by atoms with Crippen LogP contribution in [0.25, 0.3) is 11.5 Å². The van der Waals surface area contributed by atoms with Gasteiger partial charge in [-0.3, -0.25) is 9.59 Å². The highest BCUT2D eigenvalue weighted by molar-refractivity contribution is 7.99. The molecule has 1 saturated heterocycles. The quantitative estimate of drug-likeness (QED) is 0.446. The van der Waals surface area contributed by atoms with Gasteiger partial charge in [-0.25, -0.2) is 0 Å². The van der Waals surface area contributed by atoms with Crippen molar-refractivity contribution in [3.8, 4) is 17.2 Å². The van der Waals surface area contributed by atoms with Crippen LogP contribution >= 0.6 is 11.8 Å². The number of anilines is 2. The van der Waals surface area contributed by atoms with Crippen LogP contribution < -0.4 is 15.0 Å². The van der Waals surface area contributed by atoms with E-state index in [2.05, 4.69) is 20.4 Å².